The molecule has 0 aliphatic rings. The zero-order valence-corrected chi connectivity index (χ0v) is 24.7. The van der Waals surface area contributed by atoms with Crippen LogP contribution < -0.4 is 0 Å². The molecule has 0 atom stereocenters. The molecule has 0 spiro atoms. The molecule has 0 saturated carbocycles. The van der Waals surface area contributed by atoms with E-state index in [-0.39, 0.29) is 10.5 Å². The maximum absolute atomic E-state index is 12.8. The van der Waals surface area contributed by atoms with Gasteiger partial charge in [-0.3, -0.25) is 0 Å². The van der Waals surface area contributed by atoms with E-state index < -0.39 is 52.0 Å². The van der Waals surface area contributed by atoms with Crippen LogP contribution in [0.3, 0.4) is 0 Å². The summed E-state index contributed by atoms with van der Waals surface area (Å²) in [7, 11) is 2.53. The second kappa shape index (κ2) is 12.3. The maximum atomic E-state index is 12.8. The monoisotopic (exact) mass is 668 g/mol. The fourth-order valence-corrected chi connectivity index (χ4v) is 6.32. The van der Waals surface area contributed by atoms with Crippen molar-refractivity contribution in [2.45, 2.75) is 36.0 Å². The number of aryl methyl sites for hydroxylation is 1. The average Bonchev–Trinajstić information content (AvgIpc) is 2.87. The minimum absolute atomic E-state index is 0.145. The van der Waals surface area contributed by atoms with Crippen LogP contribution in [-0.4, -0.2) is 16.8 Å². The van der Waals surface area contributed by atoms with Gasteiger partial charge < -0.3 is 0 Å². The van der Waals surface area contributed by atoms with E-state index in [1.54, 1.807) is 13.0 Å². The third-order valence-corrected chi connectivity index (χ3v) is 8.92. The van der Waals surface area contributed by atoms with Gasteiger partial charge in [0, 0.05) is 26.9 Å². The summed E-state index contributed by atoms with van der Waals surface area (Å²) in [6, 6.07) is 17.8. The molecular formula is C28H20Cl2F6O4S2. The number of alkyl halides is 6. The summed E-state index contributed by atoms with van der Waals surface area (Å²) in [4.78, 5) is -0.457. The highest BCUT2D eigenvalue weighted by molar-refractivity contribution is 8.14. The Labute approximate surface area is 247 Å². The van der Waals surface area contributed by atoms with Crippen molar-refractivity contribution in [1.29, 1.82) is 0 Å². The van der Waals surface area contributed by atoms with Gasteiger partial charge in [-0.25, -0.2) is 16.8 Å². The molecule has 0 heterocycles. The van der Waals surface area contributed by atoms with Crippen LogP contribution in [0.2, 0.25) is 0 Å². The fourth-order valence-electron chi connectivity index (χ4n) is 4.03. The highest BCUT2D eigenvalue weighted by Crippen LogP contribution is 2.38. The Bertz CT molecular complexity index is 1820. The summed E-state index contributed by atoms with van der Waals surface area (Å²) in [5.74, 6) is 0. The predicted molar refractivity (Wildman–Crippen MR) is 149 cm³/mol. The van der Waals surface area contributed by atoms with Gasteiger partial charge >= 0.3 is 12.4 Å². The van der Waals surface area contributed by atoms with Crippen molar-refractivity contribution in [3.63, 3.8) is 0 Å². The molecule has 0 aromatic heterocycles. The molecule has 4 rings (SSSR count). The van der Waals surface area contributed by atoms with Gasteiger partial charge in [0.15, 0.2) is 0 Å². The molecule has 4 aromatic carbocycles. The van der Waals surface area contributed by atoms with E-state index in [0.717, 1.165) is 28.8 Å². The second-order valence-electron chi connectivity index (χ2n) is 8.90. The Morgan fingerprint density at radius 1 is 0.548 bits per heavy atom. The van der Waals surface area contributed by atoms with Crippen LogP contribution >= 0.6 is 21.4 Å². The lowest BCUT2D eigenvalue weighted by molar-refractivity contribution is -0.138. The number of hydrogen-bond donors (Lipinski definition) is 0. The third kappa shape index (κ3) is 8.06. The maximum Gasteiger partial charge on any atom is 0.416 e. The van der Waals surface area contributed by atoms with Gasteiger partial charge in [-0.15, -0.1) is 0 Å². The molecule has 0 amide bonds. The zero-order valence-electron chi connectivity index (χ0n) is 21.6. The smallest absolute Gasteiger partial charge is 0.207 e. The quantitative estimate of drug-likeness (QED) is 0.161. The van der Waals surface area contributed by atoms with Crippen molar-refractivity contribution in [1.82, 2.24) is 0 Å². The SMILES string of the molecule is Cc1ccccc1-c1cccc(S(=O)(=O)Cl)c1C.O=S(=O)(Cl)c1ccc(C(F)(F)F)cc1-c1ccc(C(F)(F)F)cc1. The van der Waals surface area contributed by atoms with Gasteiger partial charge in [0.2, 0.25) is 0 Å². The van der Waals surface area contributed by atoms with E-state index in [4.69, 9.17) is 21.4 Å². The second-order valence-corrected chi connectivity index (χ2v) is 14.0. The van der Waals surface area contributed by atoms with Gasteiger partial charge in [0.1, 0.15) is 0 Å². The summed E-state index contributed by atoms with van der Waals surface area (Å²) in [5.41, 5.74) is 0.954. The van der Waals surface area contributed by atoms with Crippen molar-refractivity contribution < 1.29 is 43.2 Å². The number of benzene rings is 4. The lowest BCUT2D eigenvalue weighted by atomic mass is 9.97. The molecule has 224 valence electrons. The third-order valence-electron chi connectivity index (χ3n) is 6.07. The van der Waals surface area contributed by atoms with Gasteiger partial charge in [-0.2, -0.15) is 26.3 Å². The van der Waals surface area contributed by atoms with Crippen molar-refractivity contribution in [3.05, 3.63) is 107 Å². The van der Waals surface area contributed by atoms with Crippen LogP contribution in [0.5, 0.6) is 0 Å². The molecule has 0 saturated heterocycles. The molecule has 0 radical (unpaired) electrons. The van der Waals surface area contributed by atoms with Gasteiger partial charge in [0.25, 0.3) is 18.1 Å². The Morgan fingerprint density at radius 2 is 1.05 bits per heavy atom. The standard InChI is InChI=1S/C14H7ClF6O2S.C14H13ClO2S/c15-24(22,23)12-6-5-10(14(19,20)21)7-11(12)8-1-3-9(4-2-8)13(16,17)18;1-10-6-3-4-7-12(10)13-8-5-9-14(11(13)2)18(15,16)17/h1-7H;3-9H,1-2H3. The number of hydrogen-bond acceptors (Lipinski definition) is 4. The first-order valence-electron chi connectivity index (χ1n) is 11.6. The molecule has 0 fully saturated rings. The van der Waals surface area contributed by atoms with Crippen LogP contribution in [0, 0.1) is 13.8 Å². The zero-order chi connectivity index (χ0) is 31.7. The largest absolute Gasteiger partial charge is 0.416 e. The highest BCUT2D eigenvalue weighted by Gasteiger charge is 2.33. The summed E-state index contributed by atoms with van der Waals surface area (Å²) >= 11 is 0. The molecule has 14 heteroatoms. The van der Waals surface area contributed by atoms with Crippen LogP contribution in [0.4, 0.5) is 26.3 Å². The molecule has 0 aliphatic heterocycles. The molecular weight excluding hydrogens is 649 g/mol. The van der Waals surface area contributed by atoms with E-state index in [2.05, 4.69) is 0 Å². The van der Waals surface area contributed by atoms with Crippen LogP contribution in [0.25, 0.3) is 22.3 Å². The Kier molecular flexibility index (Phi) is 9.77. The van der Waals surface area contributed by atoms with Gasteiger partial charge in [-0.05, 0) is 78.1 Å². The van der Waals surface area contributed by atoms with Crippen LogP contribution in [0.15, 0.2) is 94.7 Å². The van der Waals surface area contributed by atoms with Crippen molar-refractivity contribution >= 4 is 39.5 Å². The summed E-state index contributed by atoms with van der Waals surface area (Å²) in [5, 5.41) is 0. The first-order chi connectivity index (χ1) is 19.2. The van der Waals surface area contributed by atoms with Crippen LogP contribution in [-0.2, 0) is 30.5 Å². The van der Waals surface area contributed by atoms with Crippen LogP contribution in [0.1, 0.15) is 22.3 Å². The van der Waals surface area contributed by atoms with E-state index in [0.29, 0.717) is 35.9 Å². The van der Waals surface area contributed by atoms with Gasteiger partial charge in [-0.1, -0.05) is 48.5 Å². The van der Waals surface area contributed by atoms with E-state index >= 15 is 0 Å². The summed E-state index contributed by atoms with van der Waals surface area (Å²) in [6.45, 7) is 3.77. The Morgan fingerprint density at radius 3 is 1.55 bits per heavy atom. The van der Waals surface area contributed by atoms with Gasteiger partial charge in [0.05, 0.1) is 20.9 Å². The Balaban J connectivity index is 0.000000240. The average molecular weight is 669 g/mol. The predicted octanol–water partition coefficient (Wildman–Crippen LogP) is 9.22. The van der Waals surface area contributed by atoms with E-state index in [1.807, 2.05) is 37.3 Å². The molecule has 0 N–H and O–H groups in total. The highest BCUT2D eigenvalue weighted by atomic mass is 35.7. The minimum atomic E-state index is -4.75. The topological polar surface area (TPSA) is 68.3 Å². The Hall–Kier alpha value is -3.06. The fraction of sp³-hybridized carbons (Fsp3) is 0.143. The first-order valence-corrected chi connectivity index (χ1v) is 16.3. The molecule has 4 nitrogen and oxygen atoms in total. The summed E-state index contributed by atoms with van der Waals surface area (Å²) in [6.07, 6.45) is -9.39. The number of rotatable bonds is 4. The van der Waals surface area contributed by atoms with E-state index in [1.165, 1.54) is 6.07 Å². The normalized spacial score (nSPS) is 12.4. The lowest BCUT2D eigenvalue weighted by Gasteiger charge is -2.13. The number of halogens is 8. The molecule has 42 heavy (non-hydrogen) atoms. The first kappa shape index (κ1) is 33.4. The molecule has 0 aliphatic carbocycles. The molecule has 0 unspecified atom stereocenters. The van der Waals surface area contributed by atoms with Crippen molar-refractivity contribution in [3.8, 4) is 22.3 Å². The molecule has 0 bridgehead atoms. The minimum Gasteiger partial charge on any atom is -0.207 e. The van der Waals surface area contributed by atoms with Crippen molar-refractivity contribution in [2.24, 2.45) is 0 Å². The van der Waals surface area contributed by atoms with Crippen molar-refractivity contribution in [2.75, 3.05) is 0 Å². The lowest BCUT2D eigenvalue weighted by Crippen LogP contribution is -2.07. The molecule has 4 aromatic rings. The summed E-state index contributed by atoms with van der Waals surface area (Å²) < 4.78 is 122. The van der Waals surface area contributed by atoms with E-state index in [9.17, 15) is 43.2 Å².